The molecule has 0 aliphatic carbocycles. The minimum absolute atomic E-state index is 0.00542. The van der Waals surface area contributed by atoms with Crippen LogP contribution in [0.4, 0.5) is 0 Å². The zero-order valence-electron chi connectivity index (χ0n) is 7.62. The third kappa shape index (κ3) is 6.15. The van der Waals surface area contributed by atoms with Gasteiger partial charge < -0.3 is 5.32 Å². The van der Waals surface area contributed by atoms with Crippen LogP contribution in [-0.4, -0.2) is 32.9 Å². The van der Waals surface area contributed by atoms with Crippen LogP contribution in [0.3, 0.4) is 0 Å². The molecule has 0 atom stereocenters. The van der Waals surface area contributed by atoms with Crippen molar-refractivity contribution in [3.8, 4) is 0 Å². The first-order valence-corrected chi connectivity index (χ1v) is 5.84. The molecule has 0 heterocycles. The second-order valence-electron chi connectivity index (χ2n) is 3.08. The molecule has 0 spiro atoms. The normalized spacial score (nSPS) is 11.7. The lowest BCUT2D eigenvalue weighted by atomic mass is 10.2. The van der Waals surface area contributed by atoms with E-state index in [2.05, 4.69) is 5.32 Å². The van der Waals surface area contributed by atoms with Gasteiger partial charge in [0.05, 0.1) is 5.75 Å². The standard InChI is InChI=1S/C7H15NO3S/c1-6(2)7(9)8-4-5-12(3,10)11/h6H,4-5H2,1-3H3,(H,8,9). The number of nitrogens with one attached hydrogen (secondary N) is 1. The molecule has 5 heteroatoms. The summed E-state index contributed by atoms with van der Waals surface area (Å²) in [6.07, 6.45) is 1.15. The highest BCUT2D eigenvalue weighted by Crippen LogP contribution is 1.90. The van der Waals surface area contributed by atoms with Gasteiger partial charge >= 0.3 is 0 Å². The van der Waals surface area contributed by atoms with Gasteiger partial charge in [0, 0.05) is 18.7 Å². The maximum atomic E-state index is 10.9. The fourth-order valence-corrected chi connectivity index (χ4v) is 1.04. The second-order valence-corrected chi connectivity index (χ2v) is 5.34. The lowest BCUT2D eigenvalue weighted by Gasteiger charge is -2.05. The van der Waals surface area contributed by atoms with E-state index in [4.69, 9.17) is 0 Å². The van der Waals surface area contributed by atoms with Gasteiger partial charge in [-0.2, -0.15) is 0 Å². The van der Waals surface area contributed by atoms with Crippen LogP contribution in [0.15, 0.2) is 0 Å². The Bertz CT molecular complexity index is 243. The quantitative estimate of drug-likeness (QED) is 0.672. The molecule has 0 saturated heterocycles. The first-order valence-electron chi connectivity index (χ1n) is 3.78. The Hall–Kier alpha value is -0.580. The highest BCUT2D eigenvalue weighted by atomic mass is 32.2. The summed E-state index contributed by atoms with van der Waals surface area (Å²) in [6.45, 7) is 3.72. The maximum Gasteiger partial charge on any atom is 0.222 e. The summed E-state index contributed by atoms with van der Waals surface area (Å²) < 4.78 is 21.3. The van der Waals surface area contributed by atoms with Gasteiger partial charge in [-0.15, -0.1) is 0 Å². The number of hydrogen-bond acceptors (Lipinski definition) is 3. The molecule has 0 aromatic rings. The number of carbonyl (C=O) groups is 1. The van der Waals surface area contributed by atoms with E-state index >= 15 is 0 Å². The molecule has 0 rings (SSSR count). The van der Waals surface area contributed by atoms with Crippen LogP contribution in [0.25, 0.3) is 0 Å². The van der Waals surface area contributed by atoms with Crippen LogP contribution in [0.5, 0.6) is 0 Å². The van der Waals surface area contributed by atoms with E-state index in [1.807, 2.05) is 0 Å². The van der Waals surface area contributed by atoms with Crippen molar-refractivity contribution in [2.45, 2.75) is 13.8 Å². The minimum atomic E-state index is -2.96. The van der Waals surface area contributed by atoms with Crippen LogP contribution in [0.2, 0.25) is 0 Å². The van der Waals surface area contributed by atoms with Gasteiger partial charge in [0.1, 0.15) is 9.84 Å². The van der Waals surface area contributed by atoms with E-state index in [0.29, 0.717) is 0 Å². The highest BCUT2D eigenvalue weighted by molar-refractivity contribution is 7.90. The average Bonchev–Trinajstić information content (AvgIpc) is 1.84. The third-order valence-corrected chi connectivity index (χ3v) is 2.24. The number of sulfone groups is 1. The van der Waals surface area contributed by atoms with Crippen LogP contribution in [0, 0.1) is 5.92 Å². The molecule has 4 nitrogen and oxygen atoms in total. The molecule has 0 aliphatic heterocycles. The summed E-state index contributed by atoms with van der Waals surface area (Å²) in [6, 6.07) is 0. The van der Waals surface area contributed by atoms with Gasteiger partial charge in [0.2, 0.25) is 5.91 Å². The van der Waals surface area contributed by atoms with Gasteiger partial charge in [-0.05, 0) is 0 Å². The molecule has 0 saturated carbocycles. The monoisotopic (exact) mass is 193 g/mol. The number of carbonyl (C=O) groups excluding carboxylic acids is 1. The largest absolute Gasteiger partial charge is 0.355 e. The fraction of sp³-hybridized carbons (Fsp3) is 0.857. The molecular weight excluding hydrogens is 178 g/mol. The van der Waals surface area contributed by atoms with Crippen molar-refractivity contribution < 1.29 is 13.2 Å². The molecule has 0 aromatic carbocycles. The first-order chi connectivity index (χ1) is 5.33. The molecule has 0 fully saturated rings. The third-order valence-electron chi connectivity index (χ3n) is 1.30. The minimum Gasteiger partial charge on any atom is -0.355 e. The summed E-state index contributed by atoms with van der Waals surface area (Å²) >= 11 is 0. The number of rotatable bonds is 4. The van der Waals surface area contributed by atoms with Crippen molar-refractivity contribution >= 4 is 15.7 Å². The summed E-state index contributed by atoms with van der Waals surface area (Å²) in [5, 5.41) is 2.52. The van der Waals surface area contributed by atoms with Gasteiger partial charge in [0.25, 0.3) is 0 Å². The van der Waals surface area contributed by atoms with Crippen molar-refractivity contribution in [3.63, 3.8) is 0 Å². The van der Waals surface area contributed by atoms with Crippen molar-refractivity contribution in [1.82, 2.24) is 5.32 Å². The predicted octanol–water partition coefficient (Wildman–Crippen LogP) is -0.197. The molecule has 1 N–H and O–H groups in total. The molecular formula is C7H15NO3S. The Balaban J connectivity index is 3.66. The van der Waals surface area contributed by atoms with Gasteiger partial charge in [-0.3, -0.25) is 4.79 Å². The Labute approximate surface area is 73.3 Å². The molecule has 0 radical (unpaired) electrons. The van der Waals surface area contributed by atoms with Crippen LogP contribution in [-0.2, 0) is 14.6 Å². The summed E-state index contributed by atoms with van der Waals surface area (Å²) in [5.41, 5.74) is 0. The van der Waals surface area contributed by atoms with Crippen LogP contribution < -0.4 is 5.32 Å². The van der Waals surface area contributed by atoms with Gasteiger partial charge in [-0.25, -0.2) is 8.42 Å². The van der Waals surface area contributed by atoms with Crippen LogP contribution >= 0.6 is 0 Å². The molecule has 1 amide bonds. The van der Waals surface area contributed by atoms with E-state index in [9.17, 15) is 13.2 Å². The Morgan fingerprint density at radius 1 is 1.42 bits per heavy atom. The van der Waals surface area contributed by atoms with Gasteiger partial charge in [-0.1, -0.05) is 13.8 Å². The van der Waals surface area contributed by atoms with Crippen molar-refractivity contribution in [2.24, 2.45) is 5.92 Å². The Morgan fingerprint density at radius 2 is 1.92 bits per heavy atom. The first kappa shape index (κ1) is 11.4. The van der Waals surface area contributed by atoms with Crippen molar-refractivity contribution in [2.75, 3.05) is 18.6 Å². The zero-order valence-corrected chi connectivity index (χ0v) is 8.44. The van der Waals surface area contributed by atoms with E-state index in [1.54, 1.807) is 13.8 Å². The van der Waals surface area contributed by atoms with E-state index < -0.39 is 9.84 Å². The summed E-state index contributed by atoms with van der Waals surface area (Å²) in [4.78, 5) is 10.9. The SMILES string of the molecule is CC(C)C(=O)NCCS(C)(=O)=O. The van der Waals surface area contributed by atoms with E-state index in [0.717, 1.165) is 6.26 Å². The van der Waals surface area contributed by atoms with E-state index in [1.165, 1.54) is 0 Å². The fourth-order valence-electron chi connectivity index (χ4n) is 0.564. The molecule has 72 valence electrons. The van der Waals surface area contributed by atoms with Gasteiger partial charge in [0.15, 0.2) is 0 Å². The smallest absolute Gasteiger partial charge is 0.222 e. The number of amides is 1. The predicted molar refractivity (Wildman–Crippen MR) is 47.6 cm³/mol. The summed E-state index contributed by atoms with van der Waals surface area (Å²) in [7, 11) is -2.96. The molecule has 0 unspecified atom stereocenters. The van der Waals surface area contributed by atoms with Crippen molar-refractivity contribution in [1.29, 1.82) is 0 Å². The number of hydrogen-bond donors (Lipinski definition) is 1. The molecule has 0 aromatic heterocycles. The maximum absolute atomic E-state index is 10.9. The lowest BCUT2D eigenvalue weighted by molar-refractivity contribution is -0.123. The lowest BCUT2D eigenvalue weighted by Crippen LogP contribution is -2.31. The van der Waals surface area contributed by atoms with Crippen molar-refractivity contribution in [3.05, 3.63) is 0 Å². The zero-order chi connectivity index (χ0) is 9.78. The molecule has 0 aliphatic rings. The average molecular weight is 193 g/mol. The Kier molecular flexibility index (Phi) is 4.23. The second kappa shape index (κ2) is 4.45. The topological polar surface area (TPSA) is 63.2 Å². The summed E-state index contributed by atoms with van der Waals surface area (Å²) in [5.74, 6) is -0.200. The van der Waals surface area contributed by atoms with E-state index in [-0.39, 0.29) is 24.1 Å². The molecule has 0 bridgehead atoms. The van der Waals surface area contributed by atoms with Crippen LogP contribution in [0.1, 0.15) is 13.8 Å². The Morgan fingerprint density at radius 3 is 2.25 bits per heavy atom. The molecule has 12 heavy (non-hydrogen) atoms. The highest BCUT2D eigenvalue weighted by Gasteiger charge is 2.07.